The maximum atomic E-state index is 12.3. The average Bonchev–Trinajstić information content (AvgIpc) is 3.16. The van der Waals surface area contributed by atoms with Crippen LogP contribution in [-0.2, 0) is 10.2 Å². The van der Waals surface area contributed by atoms with E-state index >= 15 is 0 Å². The van der Waals surface area contributed by atoms with Crippen LogP contribution in [0.1, 0.15) is 31.6 Å². The third-order valence-corrected chi connectivity index (χ3v) is 6.93. The van der Waals surface area contributed by atoms with E-state index in [2.05, 4.69) is 19.9 Å². The van der Waals surface area contributed by atoms with Crippen molar-refractivity contribution >= 4 is 10.2 Å². The minimum absolute atomic E-state index is 0.000773. The van der Waals surface area contributed by atoms with Crippen LogP contribution >= 0.6 is 0 Å². The number of hydrogen-bond acceptors (Lipinski definition) is 7. The fourth-order valence-corrected chi connectivity index (χ4v) is 4.92. The molecular formula is C17H20F3N5O4S. The predicted molar refractivity (Wildman–Crippen MR) is 97.3 cm³/mol. The van der Waals surface area contributed by atoms with Crippen molar-refractivity contribution in [1.29, 1.82) is 0 Å². The zero-order chi connectivity index (χ0) is 21.7. The van der Waals surface area contributed by atoms with Gasteiger partial charge in [-0.15, -0.1) is 0 Å². The van der Waals surface area contributed by atoms with Gasteiger partial charge in [0.15, 0.2) is 6.61 Å². The van der Waals surface area contributed by atoms with E-state index in [1.54, 1.807) is 6.07 Å². The van der Waals surface area contributed by atoms with Gasteiger partial charge < -0.3 is 9.26 Å². The van der Waals surface area contributed by atoms with E-state index in [-0.39, 0.29) is 29.0 Å². The molecule has 0 amide bonds. The Morgan fingerprint density at radius 3 is 2.87 bits per heavy atom. The van der Waals surface area contributed by atoms with Gasteiger partial charge in [-0.2, -0.15) is 30.9 Å². The number of aromatic nitrogens is 3. The molecule has 1 aliphatic heterocycles. The van der Waals surface area contributed by atoms with Crippen molar-refractivity contribution in [2.24, 2.45) is 16.5 Å². The molecule has 2 N–H and O–H groups in total. The first-order valence-electron chi connectivity index (χ1n) is 9.25. The monoisotopic (exact) mass is 447 g/mol. The van der Waals surface area contributed by atoms with Gasteiger partial charge in [-0.1, -0.05) is 12.1 Å². The summed E-state index contributed by atoms with van der Waals surface area (Å²) in [5.74, 6) is 0.520. The SMILES string of the molecule is CC1CN(S(N)(=O)=O)CCC12CC2c1nc(-c2ccnc(OCC(F)(F)F)c2)no1. The normalized spacial score (nSPS) is 27.4. The number of halogens is 3. The zero-order valence-electron chi connectivity index (χ0n) is 16.0. The van der Waals surface area contributed by atoms with Crippen LogP contribution in [0.25, 0.3) is 11.4 Å². The highest BCUT2D eigenvalue weighted by molar-refractivity contribution is 7.86. The van der Waals surface area contributed by atoms with E-state index in [4.69, 9.17) is 9.66 Å². The maximum absolute atomic E-state index is 12.3. The predicted octanol–water partition coefficient (Wildman–Crippen LogP) is 2.09. The second-order valence-electron chi connectivity index (χ2n) is 7.79. The molecule has 0 bridgehead atoms. The molecule has 1 saturated heterocycles. The summed E-state index contributed by atoms with van der Waals surface area (Å²) in [5.41, 5.74) is 0.300. The van der Waals surface area contributed by atoms with E-state index in [9.17, 15) is 21.6 Å². The smallest absolute Gasteiger partial charge is 0.422 e. The van der Waals surface area contributed by atoms with Crippen LogP contribution in [0.15, 0.2) is 22.9 Å². The molecule has 0 radical (unpaired) electrons. The molecule has 2 fully saturated rings. The summed E-state index contributed by atoms with van der Waals surface area (Å²) in [6.45, 7) is 1.20. The lowest BCUT2D eigenvalue weighted by molar-refractivity contribution is -0.154. The molecule has 2 aromatic heterocycles. The Bertz CT molecular complexity index is 1040. The summed E-state index contributed by atoms with van der Waals surface area (Å²) < 4.78 is 71.5. The number of ether oxygens (including phenoxy) is 1. The molecule has 9 nitrogen and oxygen atoms in total. The highest BCUT2D eigenvalue weighted by Gasteiger charge is 2.62. The summed E-state index contributed by atoms with van der Waals surface area (Å²) in [6.07, 6.45) is -1.73. The van der Waals surface area contributed by atoms with E-state index in [1.807, 2.05) is 6.92 Å². The van der Waals surface area contributed by atoms with Crippen molar-refractivity contribution in [1.82, 2.24) is 19.4 Å². The van der Waals surface area contributed by atoms with Gasteiger partial charge in [0.05, 0.1) is 0 Å². The number of rotatable bonds is 5. The molecule has 3 heterocycles. The number of piperidine rings is 1. The topological polar surface area (TPSA) is 124 Å². The molecular weight excluding hydrogens is 427 g/mol. The molecule has 4 rings (SSSR count). The molecule has 3 atom stereocenters. The number of hydrogen-bond donors (Lipinski definition) is 1. The number of nitrogens with two attached hydrogens (primary N) is 1. The standard InChI is InChI=1S/C17H20F3N5O4S/c1-10-8-25(30(21,26)27)5-3-16(10)7-12(16)15-23-14(24-29-15)11-2-4-22-13(6-11)28-9-17(18,19)20/h2,4,6,10,12H,3,5,7-9H2,1H3,(H2,21,26,27). The molecule has 2 aliphatic rings. The van der Waals surface area contributed by atoms with Crippen LogP contribution in [0.5, 0.6) is 5.88 Å². The van der Waals surface area contributed by atoms with E-state index in [1.165, 1.54) is 16.6 Å². The van der Waals surface area contributed by atoms with Gasteiger partial charge in [-0.25, -0.2) is 10.1 Å². The minimum atomic E-state index is -4.47. The lowest BCUT2D eigenvalue weighted by Crippen LogP contribution is -2.46. The second-order valence-corrected chi connectivity index (χ2v) is 9.33. The lowest BCUT2D eigenvalue weighted by atomic mass is 9.82. The van der Waals surface area contributed by atoms with Crippen molar-refractivity contribution < 1.29 is 30.8 Å². The molecule has 0 aromatic carbocycles. The maximum Gasteiger partial charge on any atom is 0.422 e. The molecule has 1 saturated carbocycles. The molecule has 30 heavy (non-hydrogen) atoms. The summed E-state index contributed by atoms with van der Waals surface area (Å²) in [4.78, 5) is 8.16. The Kier molecular flexibility index (Phi) is 5.02. The molecule has 1 aliphatic carbocycles. The fraction of sp³-hybridized carbons (Fsp3) is 0.588. The first kappa shape index (κ1) is 21.0. The Labute approximate surface area is 170 Å². The second kappa shape index (κ2) is 7.17. The van der Waals surface area contributed by atoms with Gasteiger partial charge in [0.2, 0.25) is 17.6 Å². The Hall–Kier alpha value is -2.25. The third kappa shape index (κ3) is 4.14. The van der Waals surface area contributed by atoms with Gasteiger partial charge in [-0.05, 0) is 30.2 Å². The van der Waals surface area contributed by atoms with Crippen molar-refractivity contribution in [3.8, 4) is 17.3 Å². The van der Waals surface area contributed by atoms with Crippen LogP contribution in [-0.4, -0.2) is 53.7 Å². The van der Waals surface area contributed by atoms with Gasteiger partial charge >= 0.3 is 6.18 Å². The third-order valence-electron chi connectivity index (χ3n) is 5.88. The first-order valence-corrected chi connectivity index (χ1v) is 10.8. The molecule has 13 heteroatoms. The lowest BCUT2D eigenvalue weighted by Gasteiger charge is -2.36. The first-order chi connectivity index (χ1) is 14.0. The molecule has 1 spiro atoms. The summed E-state index contributed by atoms with van der Waals surface area (Å²) in [7, 11) is -3.72. The van der Waals surface area contributed by atoms with Crippen LogP contribution in [0, 0.1) is 11.3 Å². The van der Waals surface area contributed by atoms with Crippen LogP contribution in [0.4, 0.5) is 13.2 Å². The van der Waals surface area contributed by atoms with Crippen LogP contribution in [0.2, 0.25) is 0 Å². The molecule has 164 valence electrons. The van der Waals surface area contributed by atoms with E-state index < -0.39 is 23.0 Å². The van der Waals surface area contributed by atoms with Crippen LogP contribution < -0.4 is 9.88 Å². The number of nitrogens with zero attached hydrogens (tertiary/aromatic N) is 4. The average molecular weight is 447 g/mol. The van der Waals surface area contributed by atoms with Crippen molar-refractivity contribution in [3.63, 3.8) is 0 Å². The van der Waals surface area contributed by atoms with E-state index in [0.717, 1.165) is 6.42 Å². The van der Waals surface area contributed by atoms with Crippen molar-refractivity contribution in [3.05, 3.63) is 24.2 Å². The Morgan fingerprint density at radius 1 is 1.43 bits per heavy atom. The number of alkyl halides is 3. The Morgan fingerprint density at radius 2 is 2.20 bits per heavy atom. The molecule has 2 aromatic rings. The van der Waals surface area contributed by atoms with Gasteiger partial charge in [0.25, 0.3) is 10.2 Å². The van der Waals surface area contributed by atoms with Crippen molar-refractivity contribution in [2.75, 3.05) is 19.7 Å². The fourth-order valence-electron chi connectivity index (χ4n) is 4.14. The van der Waals surface area contributed by atoms with Crippen LogP contribution in [0.3, 0.4) is 0 Å². The molecule has 3 unspecified atom stereocenters. The largest absolute Gasteiger partial charge is 0.468 e. The summed E-state index contributed by atoms with van der Waals surface area (Å²) in [6, 6.07) is 2.86. The minimum Gasteiger partial charge on any atom is -0.468 e. The summed E-state index contributed by atoms with van der Waals surface area (Å²) in [5, 5.41) is 9.17. The van der Waals surface area contributed by atoms with E-state index in [0.29, 0.717) is 31.0 Å². The summed E-state index contributed by atoms with van der Waals surface area (Å²) >= 11 is 0. The number of pyridine rings is 1. The quantitative estimate of drug-likeness (QED) is 0.744. The van der Waals surface area contributed by atoms with Gasteiger partial charge in [0, 0.05) is 36.8 Å². The highest BCUT2D eigenvalue weighted by Crippen LogP contribution is 2.66. The zero-order valence-corrected chi connectivity index (χ0v) is 16.8. The van der Waals surface area contributed by atoms with Gasteiger partial charge in [-0.3, -0.25) is 0 Å². The Balaban J connectivity index is 1.46. The van der Waals surface area contributed by atoms with Gasteiger partial charge in [0.1, 0.15) is 0 Å². The highest BCUT2D eigenvalue weighted by atomic mass is 32.2. The van der Waals surface area contributed by atoms with Crippen molar-refractivity contribution in [2.45, 2.75) is 31.9 Å².